The first-order valence-electron chi connectivity index (χ1n) is 5.32. The quantitative estimate of drug-likeness (QED) is 0.882. The van der Waals surface area contributed by atoms with Gasteiger partial charge in [-0.05, 0) is 30.3 Å². The Bertz CT molecular complexity index is 494. The Kier molecular flexibility index (Phi) is 3.55. The highest BCUT2D eigenvalue weighted by molar-refractivity contribution is 5.90. The van der Waals surface area contributed by atoms with Gasteiger partial charge in [0.2, 0.25) is 5.91 Å². The summed E-state index contributed by atoms with van der Waals surface area (Å²) in [5, 5.41) is 2.62. The van der Waals surface area contributed by atoms with Gasteiger partial charge in [-0.1, -0.05) is 6.07 Å². The summed E-state index contributed by atoms with van der Waals surface area (Å²) < 4.78 is 18.0. The maximum Gasteiger partial charge on any atom is 0.224 e. The minimum absolute atomic E-state index is 0.160. The van der Waals surface area contributed by atoms with E-state index in [-0.39, 0.29) is 11.7 Å². The first-order chi connectivity index (χ1) is 8.24. The molecule has 2 aromatic rings. The molecule has 0 aliphatic rings. The smallest absolute Gasteiger partial charge is 0.224 e. The van der Waals surface area contributed by atoms with Gasteiger partial charge in [0.15, 0.2) is 0 Å². The largest absolute Gasteiger partial charge is 0.469 e. The predicted molar refractivity (Wildman–Crippen MR) is 62.1 cm³/mol. The molecule has 0 spiro atoms. The molecule has 0 unspecified atom stereocenters. The van der Waals surface area contributed by atoms with Crippen LogP contribution in [-0.2, 0) is 11.2 Å². The number of nitrogens with one attached hydrogen (secondary N) is 1. The second-order valence-electron chi connectivity index (χ2n) is 3.64. The van der Waals surface area contributed by atoms with E-state index in [9.17, 15) is 9.18 Å². The maximum atomic E-state index is 12.9. The summed E-state index contributed by atoms with van der Waals surface area (Å²) in [6.45, 7) is 0. The lowest BCUT2D eigenvalue weighted by Crippen LogP contribution is -2.12. The van der Waals surface area contributed by atoms with Gasteiger partial charge in [-0.2, -0.15) is 0 Å². The molecule has 88 valence electrons. The zero-order valence-electron chi connectivity index (χ0n) is 9.15. The molecule has 0 saturated heterocycles. The molecule has 0 aliphatic carbocycles. The van der Waals surface area contributed by atoms with Gasteiger partial charge in [-0.3, -0.25) is 4.79 Å². The SMILES string of the molecule is O=C(CCc1ccco1)Nc1cccc(F)c1. The van der Waals surface area contributed by atoms with Crippen molar-refractivity contribution in [3.05, 3.63) is 54.2 Å². The summed E-state index contributed by atoms with van der Waals surface area (Å²) >= 11 is 0. The third-order valence-corrected chi connectivity index (χ3v) is 2.29. The van der Waals surface area contributed by atoms with Gasteiger partial charge in [0.25, 0.3) is 0 Å². The van der Waals surface area contributed by atoms with E-state index in [1.165, 1.54) is 12.1 Å². The summed E-state index contributed by atoms with van der Waals surface area (Å²) in [5.41, 5.74) is 0.467. The fourth-order valence-corrected chi connectivity index (χ4v) is 1.48. The van der Waals surface area contributed by atoms with Crippen LogP contribution in [0, 0.1) is 5.82 Å². The van der Waals surface area contributed by atoms with Crippen molar-refractivity contribution in [1.82, 2.24) is 0 Å². The lowest BCUT2D eigenvalue weighted by Gasteiger charge is -2.04. The van der Waals surface area contributed by atoms with Gasteiger partial charge in [-0.15, -0.1) is 0 Å². The molecule has 3 nitrogen and oxygen atoms in total. The first kappa shape index (κ1) is 11.4. The first-order valence-corrected chi connectivity index (χ1v) is 5.32. The molecular formula is C13H12FNO2. The van der Waals surface area contributed by atoms with Gasteiger partial charge in [0.05, 0.1) is 6.26 Å². The van der Waals surface area contributed by atoms with Crippen molar-refractivity contribution >= 4 is 11.6 Å². The Morgan fingerprint density at radius 1 is 1.29 bits per heavy atom. The molecule has 0 fully saturated rings. The predicted octanol–water partition coefficient (Wildman–Crippen LogP) is 2.99. The van der Waals surface area contributed by atoms with Gasteiger partial charge in [-0.25, -0.2) is 4.39 Å². The van der Waals surface area contributed by atoms with Crippen LogP contribution < -0.4 is 5.32 Å². The number of amides is 1. The number of benzene rings is 1. The average molecular weight is 233 g/mol. The number of rotatable bonds is 4. The molecular weight excluding hydrogens is 221 g/mol. The van der Waals surface area contributed by atoms with E-state index < -0.39 is 0 Å². The fraction of sp³-hybridized carbons (Fsp3) is 0.154. The zero-order chi connectivity index (χ0) is 12.1. The van der Waals surface area contributed by atoms with Crippen LogP contribution in [0.15, 0.2) is 47.1 Å². The van der Waals surface area contributed by atoms with E-state index in [4.69, 9.17) is 4.42 Å². The third-order valence-electron chi connectivity index (χ3n) is 2.29. The van der Waals surface area contributed by atoms with Gasteiger partial charge in [0.1, 0.15) is 11.6 Å². The van der Waals surface area contributed by atoms with Crippen LogP contribution in [0.5, 0.6) is 0 Å². The molecule has 2 rings (SSSR count). The van der Waals surface area contributed by atoms with Crippen molar-refractivity contribution in [1.29, 1.82) is 0 Å². The van der Waals surface area contributed by atoms with Crippen LogP contribution in [0.4, 0.5) is 10.1 Å². The molecule has 0 atom stereocenters. The van der Waals surface area contributed by atoms with Crippen LogP contribution in [0.1, 0.15) is 12.2 Å². The molecule has 0 bridgehead atoms. The molecule has 1 N–H and O–H groups in total. The molecule has 1 aromatic heterocycles. The Hall–Kier alpha value is -2.10. The van der Waals surface area contributed by atoms with Crippen LogP contribution in [-0.4, -0.2) is 5.91 Å². The van der Waals surface area contributed by atoms with Crippen molar-refractivity contribution in [2.45, 2.75) is 12.8 Å². The minimum Gasteiger partial charge on any atom is -0.469 e. The number of hydrogen-bond acceptors (Lipinski definition) is 2. The number of carbonyl (C=O) groups is 1. The van der Waals surface area contributed by atoms with Crippen LogP contribution in [0.25, 0.3) is 0 Å². The molecule has 1 amide bonds. The van der Waals surface area contributed by atoms with E-state index >= 15 is 0 Å². The Balaban J connectivity index is 1.85. The second kappa shape index (κ2) is 5.30. The molecule has 1 aromatic carbocycles. The summed E-state index contributed by atoms with van der Waals surface area (Å²) in [6.07, 6.45) is 2.41. The van der Waals surface area contributed by atoms with Crippen molar-refractivity contribution in [3.8, 4) is 0 Å². The van der Waals surface area contributed by atoms with Crippen molar-refractivity contribution in [3.63, 3.8) is 0 Å². The fourth-order valence-electron chi connectivity index (χ4n) is 1.48. The summed E-state index contributed by atoms with van der Waals surface area (Å²) in [5.74, 6) is 0.236. The standard InChI is InChI=1S/C13H12FNO2/c14-10-3-1-4-11(9-10)15-13(16)7-6-12-5-2-8-17-12/h1-5,8-9H,6-7H2,(H,15,16). The highest BCUT2D eigenvalue weighted by Gasteiger charge is 2.04. The Labute approximate surface area is 98.3 Å². The second-order valence-corrected chi connectivity index (χ2v) is 3.64. The number of halogens is 1. The molecule has 0 radical (unpaired) electrons. The number of carbonyl (C=O) groups excluding carboxylic acids is 1. The zero-order valence-corrected chi connectivity index (χ0v) is 9.15. The normalized spacial score (nSPS) is 10.2. The highest BCUT2D eigenvalue weighted by atomic mass is 19.1. The Morgan fingerprint density at radius 2 is 2.18 bits per heavy atom. The van der Waals surface area contributed by atoms with Crippen molar-refractivity contribution < 1.29 is 13.6 Å². The number of hydrogen-bond donors (Lipinski definition) is 1. The Morgan fingerprint density at radius 3 is 2.88 bits per heavy atom. The van der Waals surface area contributed by atoms with Crippen LogP contribution >= 0.6 is 0 Å². The van der Waals surface area contributed by atoms with Gasteiger partial charge < -0.3 is 9.73 Å². The van der Waals surface area contributed by atoms with E-state index in [1.807, 2.05) is 6.07 Å². The summed E-state index contributed by atoms with van der Waals surface area (Å²) in [7, 11) is 0. The summed E-state index contributed by atoms with van der Waals surface area (Å²) in [6, 6.07) is 9.41. The average Bonchev–Trinajstić information content (AvgIpc) is 2.79. The maximum absolute atomic E-state index is 12.9. The van der Waals surface area contributed by atoms with Crippen LogP contribution in [0.2, 0.25) is 0 Å². The van der Waals surface area contributed by atoms with Gasteiger partial charge >= 0.3 is 0 Å². The molecule has 0 saturated carbocycles. The van der Waals surface area contributed by atoms with E-state index in [0.717, 1.165) is 5.76 Å². The third kappa shape index (κ3) is 3.45. The molecule has 0 aliphatic heterocycles. The van der Waals surface area contributed by atoms with Gasteiger partial charge in [0, 0.05) is 18.5 Å². The van der Waals surface area contributed by atoms with E-state index in [1.54, 1.807) is 24.5 Å². The lowest BCUT2D eigenvalue weighted by atomic mass is 10.2. The molecule has 4 heteroatoms. The van der Waals surface area contributed by atoms with Crippen LogP contribution in [0.3, 0.4) is 0 Å². The topological polar surface area (TPSA) is 42.2 Å². The monoisotopic (exact) mass is 233 g/mol. The van der Waals surface area contributed by atoms with E-state index in [0.29, 0.717) is 18.5 Å². The molecule has 17 heavy (non-hydrogen) atoms. The minimum atomic E-state index is -0.367. The molecule has 1 heterocycles. The number of furan rings is 1. The van der Waals surface area contributed by atoms with E-state index in [2.05, 4.69) is 5.32 Å². The lowest BCUT2D eigenvalue weighted by molar-refractivity contribution is -0.116. The highest BCUT2D eigenvalue weighted by Crippen LogP contribution is 2.10. The number of aryl methyl sites for hydroxylation is 1. The van der Waals surface area contributed by atoms with Crippen molar-refractivity contribution in [2.75, 3.05) is 5.32 Å². The van der Waals surface area contributed by atoms with Crippen molar-refractivity contribution in [2.24, 2.45) is 0 Å². The summed E-state index contributed by atoms with van der Waals surface area (Å²) in [4.78, 5) is 11.5. The number of anilines is 1.